The van der Waals surface area contributed by atoms with Crippen molar-refractivity contribution in [1.82, 2.24) is 0 Å². The Morgan fingerprint density at radius 1 is 1.31 bits per heavy atom. The molecule has 0 bridgehead atoms. The summed E-state index contributed by atoms with van der Waals surface area (Å²) in [6.45, 7) is 3.02. The van der Waals surface area contributed by atoms with Crippen molar-refractivity contribution in [3.8, 4) is 0 Å². The lowest BCUT2D eigenvalue weighted by molar-refractivity contribution is 0.122. The van der Waals surface area contributed by atoms with Gasteiger partial charge in [-0.15, -0.1) is 0 Å². The lowest BCUT2D eigenvalue weighted by Crippen LogP contribution is -2.37. The number of ether oxygens (including phenoxy) is 1. The molecule has 0 atom stereocenters. The SMILES string of the molecule is N=C(N)c1c(N)cccc1N1CCOCC1. The van der Waals surface area contributed by atoms with Gasteiger partial charge in [0.05, 0.1) is 18.8 Å². The summed E-state index contributed by atoms with van der Waals surface area (Å²) in [7, 11) is 0. The van der Waals surface area contributed by atoms with E-state index in [1.807, 2.05) is 12.1 Å². The zero-order chi connectivity index (χ0) is 11.5. The standard InChI is InChI=1S/C11H16N4O/c12-8-2-1-3-9(10(8)11(13)14)15-4-6-16-7-5-15/h1-3H,4-7,12H2,(H3,13,14). The molecule has 1 fully saturated rings. The Morgan fingerprint density at radius 2 is 2.00 bits per heavy atom. The fourth-order valence-corrected chi connectivity index (χ4v) is 1.92. The van der Waals surface area contributed by atoms with E-state index in [1.165, 1.54) is 0 Å². The monoisotopic (exact) mass is 220 g/mol. The molecule has 0 saturated carbocycles. The molecule has 1 aromatic rings. The zero-order valence-electron chi connectivity index (χ0n) is 9.07. The Labute approximate surface area is 94.5 Å². The summed E-state index contributed by atoms with van der Waals surface area (Å²) >= 11 is 0. The van der Waals surface area contributed by atoms with Gasteiger partial charge in [0.2, 0.25) is 0 Å². The number of anilines is 2. The van der Waals surface area contributed by atoms with E-state index in [1.54, 1.807) is 6.07 Å². The summed E-state index contributed by atoms with van der Waals surface area (Å²) in [4.78, 5) is 2.15. The molecule has 86 valence electrons. The highest BCUT2D eigenvalue weighted by Crippen LogP contribution is 2.25. The lowest BCUT2D eigenvalue weighted by atomic mass is 10.1. The molecule has 0 aromatic heterocycles. The highest BCUT2D eigenvalue weighted by molar-refractivity contribution is 6.05. The smallest absolute Gasteiger partial charge is 0.127 e. The summed E-state index contributed by atoms with van der Waals surface area (Å²) in [5.41, 5.74) is 13.5. The molecule has 1 aromatic carbocycles. The van der Waals surface area contributed by atoms with Gasteiger partial charge in [0, 0.05) is 24.5 Å². The van der Waals surface area contributed by atoms with E-state index >= 15 is 0 Å². The van der Waals surface area contributed by atoms with Crippen molar-refractivity contribution in [3.05, 3.63) is 23.8 Å². The van der Waals surface area contributed by atoms with Crippen molar-refractivity contribution in [2.45, 2.75) is 0 Å². The predicted octanol–water partition coefficient (Wildman–Crippen LogP) is 0.389. The molecule has 5 heteroatoms. The van der Waals surface area contributed by atoms with Crippen molar-refractivity contribution in [3.63, 3.8) is 0 Å². The van der Waals surface area contributed by atoms with Gasteiger partial charge in [-0.1, -0.05) is 6.07 Å². The van der Waals surface area contributed by atoms with Gasteiger partial charge in [0.25, 0.3) is 0 Å². The fraction of sp³-hybridized carbons (Fsp3) is 0.364. The number of morpholine rings is 1. The third-order valence-corrected chi connectivity index (χ3v) is 2.70. The van der Waals surface area contributed by atoms with Crippen LogP contribution in [0, 0.1) is 5.41 Å². The molecule has 0 unspecified atom stereocenters. The van der Waals surface area contributed by atoms with Gasteiger partial charge in [-0.3, -0.25) is 5.41 Å². The van der Waals surface area contributed by atoms with Crippen molar-refractivity contribution in [1.29, 1.82) is 5.41 Å². The van der Waals surface area contributed by atoms with Gasteiger partial charge in [-0.25, -0.2) is 0 Å². The molecule has 1 aliphatic rings. The number of nitrogen functional groups attached to an aromatic ring is 2. The molecule has 1 aliphatic heterocycles. The van der Waals surface area contributed by atoms with Crippen LogP contribution in [0.5, 0.6) is 0 Å². The average molecular weight is 220 g/mol. The van der Waals surface area contributed by atoms with Crippen LogP contribution in [-0.4, -0.2) is 32.1 Å². The van der Waals surface area contributed by atoms with Gasteiger partial charge in [0.1, 0.15) is 5.84 Å². The minimum absolute atomic E-state index is 0.0135. The van der Waals surface area contributed by atoms with Crippen molar-refractivity contribution < 1.29 is 4.74 Å². The minimum atomic E-state index is 0.0135. The third-order valence-electron chi connectivity index (χ3n) is 2.70. The quantitative estimate of drug-likeness (QED) is 0.382. The van der Waals surface area contributed by atoms with E-state index in [9.17, 15) is 0 Å². The number of hydrogen-bond donors (Lipinski definition) is 3. The minimum Gasteiger partial charge on any atom is -0.398 e. The number of nitrogens with zero attached hydrogens (tertiary/aromatic N) is 1. The normalized spacial score (nSPS) is 16.1. The van der Waals surface area contributed by atoms with Crippen LogP contribution in [0.25, 0.3) is 0 Å². The number of amidine groups is 1. The second-order valence-corrected chi connectivity index (χ2v) is 3.75. The molecular weight excluding hydrogens is 204 g/mol. The van der Waals surface area contributed by atoms with Gasteiger partial charge in [-0.2, -0.15) is 0 Å². The molecule has 2 rings (SSSR count). The highest BCUT2D eigenvalue weighted by atomic mass is 16.5. The topological polar surface area (TPSA) is 88.4 Å². The van der Waals surface area contributed by atoms with Crippen molar-refractivity contribution >= 4 is 17.2 Å². The van der Waals surface area contributed by atoms with Crippen molar-refractivity contribution in [2.24, 2.45) is 5.73 Å². The molecule has 1 heterocycles. The molecule has 0 radical (unpaired) electrons. The second kappa shape index (κ2) is 4.40. The lowest BCUT2D eigenvalue weighted by Gasteiger charge is -2.30. The molecule has 0 amide bonds. The van der Waals surface area contributed by atoms with Gasteiger partial charge >= 0.3 is 0 Å². The van der Waals surface area contributed by atoms with Crippen LogP contribution in [0.3, 0.4) is 0 Å². The van der Waals surface area contributed by atoms with E-state index in [2.05, 4.69) is 4.90 Å². The van der Waals surface area contributed by atoms with Crippen LogP contribution < -0.4 is 16.4 Å². The highest BCUT2D eigenvalue weighted by Gasteiger charge is 2.17. The maximum Gasteiger partial charge on any atom is 0.127 e. The Hall–Kier alpha value is -1.75. The summed E-state index contributed by atoms with van der Waals surface area (Å²) in [6, 6.07) is 5.59. The molecule has 1 saturated heterocycles. The summed E-state index contributed by atoms with van der Waals surface area (Å²) in [5.74, 6) is 0.0135. The van der Waals surface area contributed by atoms with E-state index in [4.69, 9.17) is 21.6 Å². The number of benzene rings is 1. The maximum atomic E-state index is 7.58. The first-order valence-electron chi connectivity index (χ1n) is 5.25. The Morgan fingerprint density at radius 3 is 2.62 bits per heavy atom. The van der Waals surface area contributed by atoms with Crippen LogP contribution in [0.1, 0.15) is 5.56 Å². The van der Waals surface area contributed by atoms with E-state index in [0.717, 1.165) is 18.8 Å². The number of rotatable bonds is 2. The number of nitrogens with one attached hydrogen (secondary N) is 1. The van der Waals surface area contributed by atoms with Crippen LogP contribution in [0.4, 0.5) is 11.4 Å². The molecule has 5 nitrogen and oxygen atoms in total. The Bertz CT molecular complexity index is 399. The largest absolute Gasteiger partial charge is 0.398 e. The molecule has 0 spiro atoms. The van der Waals surface area contributed by atoms with Crippen molar-refractivity contribution in [2.75, 3.05) is 36.9 Å². The second-order valence-electron chi connectivity index (χ2n) is 3.75. The molecule has 5 N–H and O–H groups in total. The van der Waals surface area contributed by atoms with Gasteiger partial charge < -0.3 is 21.1 Å². The predicted molar refractivity (Wildman–Crippen MR) is 64.9 cm³/mol. The van der Waals surface area contributed by atoms with E-state index < -0.39 is 0 Å². The van der Waals surface area contributed by atoms with Crippen LogP contribution in [0.15, 0.2) is 18.2 Å². The first-order valence-corrected chi connectivity index (χ1v) is 5.25. The van der Waals surface area contributed by atoms with E-state index in [0.29, 0.717) is 24.5 Å². The molecule has 16 heavy (non-hydrogen) atoms. The average Bonchev–Trinajstić information content (AvgIpc) is 2.29. The first kappa shape index (κ1) is 10.8. The summed E-state index contributed by atoms with van der Waals surface area (Å²) < 4.78 is 5.29. The zero-order valence-corrected chi connectivity index (χ0v) is 9.07. The Balaban J connectivity index is 2.38. The number of nitrogens with two attached hydrogens (primary N) is 2. The van der Waals surface area contributed by atoms with Crippen LogP contribution >= 0.6 is 0 Å². The summed E-state index contributed by atoms with van der Waals surface area (Å²) in [5, 5.41) is 7.58. The van der Waals surface area contributed by atoms with Gasteiger partial charge in [0.15, 0.2) is 0 Å². The van der Waals surface area contributed by atoms with Crippen LogP contribution in [0.2, 0.25) is 0 Å². The Kier molecular flexibility index (Phi) is 2.96. The number of hydrogen-bond acceptors (Lipinski definition) is 4. The summed E-state index contributed by atoms with van der Waals surface area (Å²) in [6.07, 6.45) is 0. The fourth-order valence-electron chi connectivity index (χ4n) is 1.92. The van der Waals surface area contributed by atoms with Gasteiger partial charge in [-0.05, 0) is 12.1 Å². The maximum absolute atomic E-state index is 7.58. The van der Waals surface area contributed by atoms with E-state index in [-0.39, 0.29) is 5.84 Å². The first-order chi connectivity index (χ1) is 7.70. The molecular formula is C11H16N4O. The van der Waals surface area contributed by atoms with Crippen LogP contribution in [-0.2, 0) is 4.74 Å². The third kappa shape index (κ3) is 1.94. The molecule has 0 aliphatic carbocycles.